The summed E-state index contributed by atoms with van der Waals surface area (Å²) in [5.74, 6) is -3.81. The van der Waals surface area contributed by atoms with Gasteiger partial charge in [0.15, 0.2) is 6.61 Å². The summed E-state index contributed by atoms with van der Waals surface area (Å²) in [6.07, 6.45) is 0.188. The molecule has 1 aromatic heterocycles. The van der Waals surface area contributed by atoms with Crippen LogP contribution in [0.1, 0.15) is 5.56 Å². The average Bonchev–Trinajstić information content (AvgIpc) is 3.17. The van der Waals surface area contributed by atoms with Gasteiger partial charge in [-0.15, -0.1) is 5.10 Å². The summed E-state index contributed by atoms with van der Waals surface area (Å²) in [5.41, 5.74) is 1.14. The molecule has 172 valence electrons. The third-order valence-electron chi connectivity index (χ3n) is 4.44. The van der Waals surface area contributed by atoms with E-state index in [0.29, 0.717) is 10.2 Å². The van der Waals surface area contributed by atoms with Crippen LogP contribution in [0.4, 0.5) is 4.39 Å². The Kier molecular flexibility index (Phi) is 7.68. The molecule has 3 rings (SSSR count). The van der Waals surface area contributed by atoms with Crippen molar-refractivity contribution in [3.63, 3.8) is 0 Å². The maximum absolute atomic E-state index is 13.0. The number of carbonyl (C=O) groups excluding carboxylic acids is 3. The molecule has 10 nitrogen and oxygen atoms in total. The molecule has 0 saturated heterocycles. The SMILES string of the molecule is COC(=O)C(Cc1ccccc1)NC(=O)COC(=O)Cn1nc(-c2ccc(F)cc2)oc1=O. The van der Waals surface area contributed by atoms with Gasteiger partial charge >= 0.3 is 17.7 Å². The van der Waals surface area contributed by atoms with Gasteiger partial charge in [0.2, 0.25) is 5.89 Å². The minimum Gasteiger partial charge on any atom is -0.467 e. The lowest BCUT2D eigenvalue weighted by atomic mass is 10.1. The first-order valence-corrected chi connectivity index (χ1v) is 9.76. The first-order valence-electron chi connectivity index (χ1n) is 9.76. The number of benzene rings is 2. The molecular weight excluding hydrogens is 437 g/mol. The van der Waals surface area contributed by atoms with Gasteiger partial charge in [0.05, 0.1) is 7.11 Å². The number of ether oxygens (including phenoxy) is 2. The second-order valence-corrected chi connectivity index (χ2v) is 6.83. The van der Waals surface area contributed by atoms with E-state index < -0.39 is 48.6 Å². The topological polar surface area (TPSA) is 130 Å². The zero-order valence-corrected chi connectivity index (χ0v) is 17.5. The van der Waals surface area contributed by atoms with Gasteiger partial charge in [-0.1, -0.05) is 30.3 Å². The molecule has 1 amide bonds. The fourth-order valence-electron chi connectivity index (χ4n) is 2.85. The van der Waals surface area contributed by atoms with E-state index in [4.69, 9.17) is 13.9 Å². The number of carbonyl (C=O) groups is 3. The van der Waals surface area contributed by atoms with Crippen LogP contribution in [-0.2, 0) is 36.8 Å². The van der Waals surface area contributed by atoms with Gasteiger partial charge in [-0.2, -0.15) is 4.68 Å². The van der Waals surface area contributed by atoms with Crippen molar-refractivity contribution in [3.05, 3.63) is 76.5 Å². The lowest BCUT2D eigenvalue weighted by molar-refractivity contribution is -0.150. The highest BCUT2D eigenvalue weighted by molar-refractivity contribution is 5.86. The molecule has 0 bridgehead atoms. The molecule has 0 aliphatic heterocycles. The van der Waals surface area contributed by atoms with E-state index in [1.54, 1.807) is 24.3 Å². The number of amides is 1. The quantitative estimate of drug-likeness (QED) is 0.473. The van der Waals surface area contributed by atoms with Crippen molar-refractivity contribution in [2.45, 2.75) is 19.0 Å². The smallest absolute Gasteiger partial charge is 0.437 e. The molecule has 1 heterocycles. The number of nitrogens with zero attached hydrogens (tertiary/aromatic N) is 2. The minimum atomic E-state index is -0.972. The molecule has 11 heteroatoms. The van der Waals surface area contributed by atoms with E-state index in [-0.39, 0.29) is 12.3 Å². The normalized spacial score (nSPS) is 11.5. The number of nitrogens with one attached hydrogen (secondary N) is 1. The maximum Gasteiger partial charge on any atom is 0.437 e. The molecule has 0 spiro atoms. The van der Waals surface area contributed by atoms with Gasteiger partial charge in [-0.05, 0) is 29.8 Å². The van der Waals surface area contributed by atoms with Crippen LogP contribution < -0.4 is 11.1 Å². The molecule has 0 fully saturated rings. The molecule has 1 N–H and O–H groups in total. The number of methoxy groups -OCH3 is 1. The van der Waals surface area contributed by atoms with Crippen LogP contribution in [0.3, 0.4) is 0 Å². The van der Waals surface area contributed by atoms with Gasteiger partial charge in [0.25, 0.3) is 5.91 Å². The van der Waals surface area contributed by atoms with E-state index in [0.717, 1.165) is 5.56 Å². The fourth-order valence-corrected chi connectivity index (χ4v) is 2.85. The number of rotatable bonds is 9. The lowest BCUT2D eigenvalue weighted by Crippen LogP contribution is -2.44. The van der Waals surface area contributed by atoms with Gasteiger partial charge in [0, 0.05) is 12.0 Å². The Hall–Kier alpha value is -4.28. The number of halogens is 1. The zero-order valence-electron chi connectivity index (χ0n) is 17.5. The summed E-state index contributed by atoms with van der Waals surface area (Å²) >= 11 is 0. The van der Waals surface area contributed by atoms with Crippen LogP contribution in [0.25, 0.3) is 11.5 Å². The molecule has 1 atom stereocenters. The predicted molar refractivity (Wildman–Crippen MR) is 111 cm³/mol. The van der Waals surface area contributed by atoms with Crippen LogP contribution in [0, 0.1) is 5.82 Å². The number of esters is 2. The molecular formula is C22H20FN3O7. The zero-order chi connectivity index (χ0) is 23.8. The molecule has 1 unspecified atom stereocenters. The summed E-state index contributed by atoms with van der Waals surface area (Å²) in [5, 5.41) is 6.31. The van der Waals surface area contributed by atoms with Crippen molar-refractivity contribution in [2.75, 3.05) is 13.7 Å². The van der Waals surface area contributed by atoms with Gasteiger partial charge < -0.3 is 19.2 Å². The number of hydrogen-bond acceptors (Lipinski definition) is 8. The third kappa shape index (κ3) is 6.60. The highest BCUT2D eigenvalue weighted by Gasteiger charge is 2.23. The maximum atomic E-state index is 13.0. The number of hydrogen-bond donors (Lipinski definition) is 1. The average molecular weight is 457 g/mol. The number of aromatic nitrogens is 2. The molecule has 0 aliphatic rings. The van der Waals surface area contributed by atoms with Crippen molar-refractivity contribution in [2.24, 2.45) is 0 Å². The van der Waals surface area contributed by atoms with Crippen LogP contribution >= 0.6 is 0 Å². The predicted octanol–water partition coefficient (Wildman–Crippen LogP) is 1.09. The molecule has 3 aromatic rings. The van der Waals surface area contributed by atoms with Crippen molar-refractivity contribution in [3.8, 4) is 11.5 Å². The van der Waals surface area contributed by atoms with E-state index >= 15 is 0 Å². The van der Waals surface area contributed by atoms with Crippen LogP contribution in [0.2, 0.25) is 0 Å². The second kappa shape index (κ2) is 10.8. The molecule has 0 radical (unpaired) electrons. The Labute approximate surface area is 186 Å². The first kappa shape index (κ1) is 23.4. The van der Waals surface area contributed by atoms with Crippen molar-refractivity contribution >= 4 is 17.8 Å². The van der Waals surface area contributed by atoms with Crippen molar-refractivity contribution in [1.82, 2.24) is 15.1 Å². The summed E-state index contributed by atoms with van der Waals surface area (Å²) in [7, 11) is 1.20. The Morgan fingerprint density at radius 2 is 1.82 bits per heavy atom. The second-order valence-electron chi connectivity index (χ2n) is 6.83. The standard InChI is InChI=1S/C22H20FN3O7/c1-31-21(29)17(11-14-5-3-2-4-6-14)24-18(27)13-32-19(28)12-26-22(30)33-20(25-26)15-7-9-16(23)10-8-15/h2-10,17H,11-13H2,1H3,(H,24,27). The van der Waals surface area contributed by atoms with Crippen LogP contribution in [-0.4, -0.2) is 47.4 Å². The molecule has 0 saturated carbocycles. The fraction of sp³-hybridized carbons (Fsp3) is 0.227. The van der Waals surface area contributed by atoms with E-state index in [1.165, 1.54) is 31.4 Å². The Morgan fingerprint density at radius 3 is 2.48 bits per heavy atom. The summed E-state index contributed by atoms with van der Waals surface area (Å²) in [4.78, 5) is 48.1. The van der Waals surface area contributed by atoms with Crippen LogP contribution in [0.15, 0.2) is 63.8 Å². The summed E-state index contributed by atoms with van der Waals surface area (Å²) < 4.78 is 28.3. The van der Waals surface area contributed by atoms with Gasteiger partial charge in [-0.3, -0.25) is 9.59 Å². The molecule has 2 aromatic carbocycles. The summed E-state index contributed by atoms with van der Waals surface area (Å²) in [6.45, 7) is -1.29. The third-order valence-corrected chi connectivity index (χ3v) is 4.44. The van der Waals surface area contributed by atoms with Gasteiger partial charge in [0.1, 0.15) is 18.4 Å². The highest BCUT2D eigenvalue weighted by atomic mass is 19.1. The van der Waals surface area contributed by atoms with E-state index in [2.05, 4.69) is 10.4 Å². The van der Waals surface area contributed by atoms with Crippen molar-refractivity contribution in [1.29, 1.82) is 0 Å². The monoisotopic (exact) mass is 457 g/mol. The lowest BCUT2D eigenvalue weighted by Gasteiger charge is -2.16. The minimum absolute atomic E-state index is 0.104. The van der Waals surface area contributed by atoms with Gasteiger partial charge in [-0.25, -0.2) is 14.0 Å². The van der Waals surface area contributed by atoms with E-state index in [9.17, 15) is 23.6 Å². The Morgan fingerprint density at radius 1 is 1.12 bits per heavy atom. The Balaban J connectivity index is 1.54. The largest absolute Gasteiger partial charge is 0.467 e. The highest BCUT2D eigenvalue weighted by Crippen LogP contribution is 2.15. The van der Waals surface area contributed by atoms with Crippen molar-refractivity contribution < 1.29 is 32.7 Å². The van der Waals surface area contributed by atoms with E-state index in [1.807, 2.05) is 6.07 Å². The molecule has 0 aliphatic carbocycles. The molecule has 33 heavy (non-hydrogen) atoms. The Bertz CT molecular complexity index is 1170. The van der Waals surface area contributed by atoms with Crippen LogP contribution in [0.5, 0.6) is 0 Å². The summed E-state index contributed by atoms with van der Waals surface area (Å²) in [6, 6.07) is 13.1. The first-order chi connectivity index (χ1) is 15.9.